The lowest BCUT2D eigenvalue weighted by Gasteiger charge is -2.09. The van der Waals surface area contributed by atoms with Gasteiger partial charge in [0.25, 0.3) is 5.91 Å². The molecule has 15 heteroatoms. The molecular formula is C26H22F4N8O3. The Morgan fingerprint density at radius 3 is 2.66 bits per heavy atom. The molecule has 2 amide bonds. The second kappa shape index (κ2) is 12.8. The second-order valence-corrected chi connectivity index (χ2v) is 8.64. The number of carbonyl (C=O) groups excluding carboxylic acids is 2. The number of hydrogen-bond acceptors (Lipinski definition) is 8. The molecule has 0 saturated heterocycles. The van der Waals surface area contributed by atoms with Crippen molar-refractivity contribution in [2.24, 2.45) is 0 Å². The van der Waals surface area contributed by atoms with Crippen LogP contribution in [0, 0.1) is 12.1 Å². The summed E-state index contributed by atoms with van der Waals surface area (Å²) in [5, 5.41) is 20.4. The summed E-state index contributed by atoms with van der Waals surface area (Å²) in [5.74, 6) is -1.22. The van der Waals surface area contributed by atoms with Gasteiger partial charge in [-0.15, -0.1) is 23.4 Å². The number of hydrogen-bond donors (Lipinski definition) is 2. The van der Waals surface area contributed by atoms with Crippen LogP contribution in [0.1, 0.15) is 28.3 Å². The maximum Gasteiger partial charge on any atom is 0.573 e. The first kappa shape index (κ1) is 28.9. The molecule has 0 saturated carbocycles. The van der Waals surface area contributed by atoms with E-state index in [0.717, 1.165) is 6.07 Å². The summed E-state index contributed by atoms with van der Waals surface area (Å²) in [4.78, 5) is 28.2. The first-order valence-corrected chi connectivity index (χ1v) is 12.1. The van der Waals surface area contributed by atoms with Crippen LogP contribution in [-0.2, 0) is 24.2 Å². The largest absolute Gasteiger partial charge is 0.573 e. The van der Waals surface area contributed by atoms with Crippen LogP contribution < -0.4 is 15.4 Å². The van der Waals surface area contributed by atoms with E-state index in [2.05, 4.69) is 53.0 Å². The van der Waals surface area contributed by atoms with E-state index in [9.17, 15) is 27.2 Å². The summed E-state index contributed by atoms with van der Waals surface area (Å²) in [6.45, 7) is -0.0791. The predicted molar refractivity (Wildman–Crippen MR) is 135 cm³/mol. The van der Waals surface area contributed by atoms with E-state index >= 15 is 0 Å². The number of ether oxygens (including phenoxy) is 1. The van der Waals surface area contributed by atoms with Crippen LogP contribution in [0.4, 0.5) is 23.4 Å². The fourth-order valence-electron chi connectivity index (χ4n) is 3.63. The minimum Gasteiger partial charge on any atom is -0.397 e. The van der Waals surface area contributed by atoms with Gasteiger partial charge in [-0.25, -0.2) is 9.07 Å². The molecule has 0 spiro atoms. The number of alkyl halides is 4. The number of rotatable bonds is 11. The first-order chi connectivity index (χ1) is 19.6. The molecular weight excluding hydrogens is 548 g/mol. The maximum atomic E-state index is 14.4. The van der Waals surface area contributed by atoms with E-state index in [1.54, 1.807) is 18.2 Å². The Hall–Kier alpha value is -5.13. The smallest absolute Gasteiger partial charge is 0.397 e. The van der Waals surface area contributed by atoms with Gasteiger partial charge in [-0.05, 0) is 66.4 Å². The van der Waals surface area contributed by atoms with Crippen LogP contribution in [0.5, 0.6) is 5.75 Å². The Bertz CT molecular complexity index is 1490. The molecule has 0 aliphatic heterocycles. The Labute approximate surface area is 231 Å². The number of carbonyl (C=O) groups is 2. The minimum absolute atomic E-state index is 0.0791. The van der Waals surface area contributed by atoms with E-state index in [1.807, 2.05) is 0 Å². The molecule has 212 valence electrons. The fraction of sp³-hybridized carbons (Fsp3) is 0.269. The zero-order chi connectivity index (χ0) is 29.4. The average molecular weight is 571 g/mol. The highest BCUT2D eigenvalue weighted by Gasteiger charge is 2.31. The Morgan fingerprint density at radius 2 is 1.93 bits per heavy atom. The molecule has 1 aromatic carbocycles. The van der Waals surface area contributed by atoms with Gasteiger partial charge in [0, 0.05) is 13.2 Å². The topological polar surface area (TPSA) is 137 Å². The second-order valence-electron chi connectivity index (χ2n) is 8.64. The van der Waals surface area contributed by atoms with Crippen LogP contribution in [0.2, 0.25) is 0 Å². The standard InChI is InChI=1S/C26H22F4N8O3/c1-31-25(40)22-15-38(37-35-22)14-18(27)5-6-19-7-8-23(36-34-19)33-24(39)13-20-11-17(9-10-32-20)16-3-2-4-21(12-16)41-26(28,29)30/h3,7-12,15,18H,5-6,13-14H2,1H3,(H,31,40)(H,33,36,39)/t18-/m0/s1. The third-order valence-electron chi connectivity index (χ3n) is 5.51. The number of anilines is 1. The Morgan fingerprint density at radius 1 is 1.10 bits per heavy atom. The molecule has 0 aliphatic carbocycles. The van der Waals surface area contributed by atoms with Gasteiger partial charge in [0.2, 0.25) is 5.91 Å². The molecule has 1 atom stereocenters. The lowest BCUT2D eigenvalue weighted by molar-refractivity contribution is -0.274. The highest BCUT2D eigenvalue weighted by Crippen LogP contribution is 2.26. The van der Waals surface area contributed by atoms with Crippen LogP contribution in [-0.4, -0.2) is 61.6 Å². The lowest BCUT2D eigenvalue weighted by Crippen LogP contribution is -2.18. The number of aryl methyl sites for hydroxylation is 1. The minimum atomic E-state index is -4.86. The van der Waals surface area contributed by atoms with Gasteiger partial charge in [-0.3, -0.25) is 14.6 Å². The van der Waals surface area contributed by atoms with Crippen molar-refractivity contribution in [2.75, 3.05) is 12.4 Å². The van der Waals surface area contributed by atoms with E-state index in [4.69, 9.17) is 0 Å². The van der Waals surface area contributed by atoms with Gasteiger partial charge in [0.15, 0.2) is 17.3 Å². The van der Waals surface area contributed by atoms with Crippen molar-refractivity contribution >= 4 is 17.6 Å². The van der Waals surface area contributed by atoms with Crippen LogP contribution in [0.3, 0.4) is 0 Å². The van der Waals surface area contributed by atoms with Gasteiger partial charge >= 0.3 is 6.36 Å². The number of aromatic nitrogens is 6. The van der Waals surface area contributed by atoms with E-state index in [0.29, 0.717) is 22.5 Å². The molecule has 0 radical (unpaired) electrons. The third-order valence-corrected chi connectivity index (χ3v) is 5.51. The molecule has 41 heavy (non-hydrogen) atoms. The number of pyridine rings is 1. The van der Waals surface area contributed by atoms with Crippen LogP contribution in [0.25, 0.3) is 11.1 Å². The van der Waals surface area contributed by atoms with E-state index in [1.165, 1.54) is 36.3 Å². The normalized spacial score (nSPS) is 11.8. The molecule has 0 unspecified atom stereocenters. The number of nitrogens with zero attached hydrogens (tertiary/aromatic N) is 6. The predicted octanol–water partition coefficient (Wildman–Crippen LogP) is 3.14. The van der Waals surface area contributed by atoms with Crippen molar-refractivity contribution in [2.45, 2.75) is 38.3 Å². The average Bonchev–Trinajstić information content (AvgIpc) is 3.40. The summed E-state index contributed by atoms with van der Waals surface area (Å²) < 4.78 is 57.0. The molecule has 0 fully saturated rings. The van der Waals surface area contributed by atoms with Gasteiger partial charge in [0.1, 0.15) is 6.17 Å². The molecule has 4 aromatic rings. The SMILES string of the molecule is CNC(=O)c1cn(C[C@@H](F)CCc2ccc(NC(=O)Cc3cc(-c4cc#cc(OC(F)(F)F)c4)ccn3)nn2)nn1. The molecule has 4 rings (SSSR count). The monoisotopic (exact) mass is 570 g/mol. The molecule has 0 aliphatic rings. The summed E-state index contributed by atoms with van der Waals surface area (Å²) in [5.41, 5.74) is 1.84. The zero-order valence-electron chi connectivity index (χ0n) is 21.4. The number of nitrogens with one attached hydrogen (secondary N) is 2. The summed E-state index contributed by atoms with van der Waals surface area (Å²) >= 11 is 0. The van der Waals surface area contributed by atoms with Gasteiger partial charge in [0.05, 0.1) is 30.6 Å². The van der Waals surface area contributed by atoms with Crippen molar-refractivity contribution in [3.05, 3.63) is 78.0 Å². The number of amides is 2. The van der Waals surface area contributed by atoms with Crippen LogP contribution >= 0.6 is 0 Å². The van der Waals surface area contributed by atoms with Crippen molar-refractivity contribution in [3.8, 4) is 16.9 Å². The van der Waals surface area contributed by atoms with Gasteiger partial charge < -0.3 is 15.4 Å². The maximum absolute atomic E-state index is 14.4. The van der Waals surface area contributed by atoms with Gasteiger partial charge in [-0.1, -0.05) is 11.3 Å². The van der Waals surface area contributed by atoms with Crippen molar-refractivity contribution in [1.82, 2.24) is 35.5 Å². The molecule has 3 heterocycles. The first-order valence-electron chi connectivity index (χ1n) is 12.1. The summed E-state index contributed by atoms with van der Waals surface area (Å²) in [6, 6.07) is 13.6. The van der Waals surface area contributed by atoms with Crippen molar-refractivity contribution < 1.29 is 31.9 Å². The van der Waals surface area contributed by atoms with Crippen molar-refractivity contribution in [1.29, 1.82) is 0 Å². The lowest BCUT2D eigenvalue weighted by atomic mass is 10.1. The Balaban J connectivity index is 1.27. The van der Waals surface area contributed by atoms with Crippen molar-refractivity contribution in [3.63, 3.8) is 0 Å². The molecule has 0 bridgehead atoms. The van der Waals surface area contributed by atoms with E-state index < -0.39 is 30.1 Å². The summed E-state index contributed by atoms with van der Waals surface area (Å²) in [7, 11) is 1.46. The number of halogens is 4. The van der Waals surface area contributed by atoms with E-state index in [-0.39, 0.29) is 37.3 Å². The Kier molecular flexibility index (Phi) is 9.02. The molecule has 3 aromatic heterocycles. The molecule has 2 N–H and O–H groups in total. The summed E-state index contributed by atoms with van der Waals surface area (Å²) in [6.07, 6.45) is -3.08. The molecule has 11 nitrogen and oxygen atoms in total. The fourth-order valence-corrected chi connectivity index (χ4v) is 3.63. The van der Waals surface area contributed by atoms with Crippen LogP contribution in [0.15, 0.2) is 48.8 Å². The zero-order valence-corrected chi connectivity index (χ0v) is 21.4. The third kappa shape index (κ3) is 8.68. The van der Waals surface area contributed by atoms with Gasteiger partial charge in [-0.2, -0.15) is 5.10 Å². The highest BCUT2D eigenvalue weighted by molar-refractivity contribution is 5.91. The quantitative estimate of drug-likeness (QED) is 0.263. The highest BCUT2D eigenvalue weighted by atomic mass is 19.4.